The van der Waals surface area contributed by atoms with E-state index in [1.54, 1.807) is 6.07 Å². The Morgan fingerprint density at radius 3 is 2.52 bits per heavy atom. The quantitative estimate of drug-likeness (QED) is 0.544. The van der Waals surface area contributed by atoms with Crippen LogP contribution in [0.2, 0.25) is 5.15 Å². The largest absolute Gasteiger partial charge is 0.408 e. The molecule has 29 heavy (non-hydrogen) atoms. The summed E-state index contributed by atoms with van der Waals surface area (Å²) in [7, 11) is 0. The molecule has 0 aromatic carbocycles. The Bertz CT molecular complexity index is 800. The number of amidine groups is 1. The molecular weight excluding hydrogens is 417 g/mol. The molecule has 160 valence electrons. The van der Waals surface area contributed by atoms with Gasteiger partial charge in [0.05, 0.1) is 5.69 Å². The highest BCUT2D eigenvalue weighted by Crippen LogP contribution is 2.36. The van der Waals surface area contributed by atoms with Crippen LogP contribution in [-0.2, 0) is 0 Å². The fourth-order valence-corrected chi connectivity index (χ4v) is 3.60. The van der Waals surface area contributed by atoms with Crippen LogP contribution in [0.1, 0.15) is 44.5 Å². The number of alkyl halides is 5. The van der Waals surface area contributed by atoms with Crippen LogP contribution in [-0.4, -0.2) is 39.9 Å². The summed E-state index contributed by atoms with van der Waals surface area (Å²) in [6.07, 6.45) is -4.49. The Kier molecular flexibility index (Phi) is 5.93. The van der Waals surface area contributed by atoms with Crippen LogP contribution in [0.25, 0.3) is 0 Å². The molecule has 1 aromatic rings. The molecule has 2 aliphatic rings. The van der Waals surface area contributed by atoms with E-state index in [4.69, 9.17) is 17.3 Å². The first kappa shape index (κ1) is 21.6. The van der Waals surface area contributed by atoms with Crippen molar-refractivity contribution in [1.29, 1.82) is 0 Å². The van der Waals surface area contributed by atoms with Crippen molar-refractivity contribution in [3.63, 3.8) is 0 Å². The zero-order valence-electron chi connectivity index (χ0n) is 15.6. The van der Waals surface area contributed by atoms with E-state index in [0.717, 1.165) is 11.8 Å². The first-order valence-electron chi connectivity index (χ1n) is 9.13. The van der Waals surface area contributed by atoms with E-state index in [0.29, 0.717) is 0 Å². The molecule has 2 atom stereocenters. The van der Waals surface area contributed by atoms with Gasteiger partial charge in [-0.3, -0.25) is 0 Å². The Balaban J connectivity index is 1.89. The minimum absolute atomic E-state index is 0.106. The van der Waals surface area contributed by atoms with Crippen molar-refractivity contribution in [2.45, 2.75) is 63.0 Å². The number of hydrogen-bond donors (Lipinski definition) is 2. The second-order valence-electron chi connectivity index (χ2n) is 7.24. The third-order valence-corrected chi connectivity index (χ3v) is 5.28. The molecular formula is C18H21ClF5N5. The lowest BCUT2D eigenvalue weighted by molar-refractivity contribution is -0.179. The van der Waals surface area contributed by atoms with Gasteiger partial charge in [0.25, 0.3) is 0 Å². The lowest BCUT2D eigenvalue weighted by atomic mass is 9.92. The van der Waals surface area contributed by atoms with Crippen molar-refractivity contribution in [2.24, 2.45) is 10.7 Å². The number of nitrogens with two attached hydrogens (primary N) is 1. The molecule has 0 spiro atoms. The Morgan fingerprint density at radius 2 is 1.93 bits per heavy atom. The molecule has 1 aliphatic heterocycles. The van der Waals surface area contributed by atoms with E-state index in [1.807, 2.05) is 0 Å². The second kappa shape index (κ2) is 7.97. The summed E-state index contributed by atoms with van der Waals surface area (Å²) in [6, 6.07) is 2.37. The van der Waals surface area contributed by atoms with Crippen LogP contribution in [0, 0.1) is 0 Å². The van der Waals surface area contributed by atoms with E-state index in [2.05, 4.69) is 15.3 Å². The fraction of sp³-hybridized carbons (Fsp3) is 0.556. The first-order valence-corrected chi connectivity index (χ1v) is 9.51. The number of halogens is 6. The predicted molar refractivity (Wildman–Crippen MR) is 99.4 cm³/mol. The first-order chi connectivity index (χ1) is 13.5. The van der Waals surface area contributed by atoms with E-state index >= 15 is 0 Å². The van der Waals surface area contributed by atoms with Crippen LogP contribution < -0.4 is 11.1 Å². The SMILES string of the molecule is CC(N1C(N)=CC(NC2CCC(F)(F)CC2)=N[C@@H]1c1cccc(Cl)n1)C(F)(F)F. The third kappa shape index (κ3) is 5.09. The molecule has 1 aromatic heterocycles. The Hall–Kier alpha value is -2.10. The molecule has 1 unspecified atom stereocenters. The second-order valence-corrected chi connectivity index (χ2v) is 7.63. The molecule has 0 amide bonds. The normalized spacial score (nSPS) is 24.0. The van der Waals surface area contributed by atoms with Crippen molar-refractivity contribution in [3.8, 4) is 0 Å². The van der Waals surface area contributed by atoms with Crippen LogP contribution >= 0.6 is 11.6 Å². The summed E-state index contributed by atoms with van der Waals surface area (Å²) in [5.74, 6) is -2.61. The maximum Gasteiger partial charge on any atom is 0.408 e. The lowest BCUT2D eigenvalue weighted by Gasteiger charge is -2.39. The zero-order valence-corrected chi connectivity index (χ0v) is 16.3. The number of nitrogens with zero attached hydrogens (tertiary/aromatic N) is 3. The minimum Gasteiger partial charge on any atom is -0.385 e. The van der Waals surface area contributed by atoms with E-state index in [1.165, 1.54) is 18.2 Å². The van der Waals surface area contributed by atoms with Crippen LogP contribution in [0.15, 0.2) is 35.1 Å². The van der Waals surface area contributed by atoms with E-state index < -0.39 is 24.3 Å². The fourth-order valence-electron chi connectivity index (χ4n) is 3.43. The van der Waals surface area contributed by atoms with E-state index in [9.17, 15) is 22.0 Å². The van der Waals surface area contributed by atoms with Crippen molar-refractivity contribution in [3.05, 3.63) is 40.9 Å². The van der Waals surface area contributed by atoms with Gasteiger partial charge < -0.3 is 16.0 Å². The number of aromatic nitrogens is 1. The molecule has 1 saturated carbocycles. The molecule has 0 radical (unpaired) electrons. The van der Waals surface area contributed by atoms with Crippen molar-refractivity contribution in [1.82, 2.24) is 15.2 Å². The summed E-state index contributed by atoms with van der Waals surface area (Å²) in [5.41, 5.74) is 6.16. The highest BCUT2D eigenvalue weighted by atomic mass is 35.5. The maximum absolute atomic E-state index is 13.4. The summed E-state index contributed by atoms with van der Waals surface area (Å²) < 4.78 is 67.0. The van der Waals surface area contributed by atoms with Gasteiger partial charge in [-0.25, -0.2) is 18.8 Å². The highest BCUT2D eigenvalue weighted by molar-refractivity contribution is 6.29. The molecule has 2 heterocycles. The number of aliphatic imine (C=N–C) groups is 1. The van der Waals surface area contributed by atoms with E-state index in [-0.39, 0.29) is 54.2 Å². The van der Waals surface area contributed by atoms with Crippen molar-refractivity contribution >= 4 is 17.4 Å². The van der Waals surface area contributed by atoms with Gasteiger partial charge >= 0.3 is 6.18 Å². The van der Waals surface area contributed by atoms with Gasteiger partial charge in [-0.05, 0) is 31.9 Å². The summed E-state index contributed by atoms with van der Waals surface area (Å²) in [5, 5.41) is 3.14. The number of hydrogen-bond acceptors (Lipinski definition) is 5. The van der Waals surface area contributed by atoms with Crippen LogP contribution in [0.4, 0.5) is 22.0 Å². The van der Waals surface area contributed by atoms with Crippen molar-refractivity contribution in [2.75, 3.05) is 0 Å². The average molecular weight is 438 g/mol. The van der Waals surface area contributed by atoms with Gasteiger partial charge in [-0.1, -0.05) is 17.7 Å². The minimum atomic E-state index is -4.55. The average Bonchev–Trinajstić information content (AvgIpc) is 2.62. The summed E-state index contributed by atoms with van der Waals surface area (Å²) in [6.45, 7) is 0.982. The van der Waals surface area contributed by atoms with Gasteiger partial charge in [0, 0.05) is 25.0 Å². The van der Waals surface area contributed by atoms with Crippen LogP contribution in [0.3, 0.4) is 0 Å². The zero-order chi connectivity index (χ0) is 21.4. The Labute approximate surface area is 169 Å². The van der Waals surface area contributed by atoms with Gasteiger partial charge in [0.2, 0.25) is 5.92 Å². The van der Waals surface area contributed by atoms with Gasteiger partial charge in [-0.15, -0.1) is 0 Å². The lowest BCUT2D eigenvalue weighted by Crippen LogP contribution is -2.50. The third-order valence-electron chi connectivity index (χ3n) is 5.07. The molecule has 5 nitrogen and oxygen atoms in total. The number of nitrogens with one attached hydrogen (secondary N) is 1. The van der Waals surface area contributed by atoms with Gasteiger partial charge in [0.15, 0.2) is 6.17 Å². The maximum atomic E-state index is 13.4. The molecule has 3 N–H and O–H groups in total. The Morgan fingerprint density at radius 1 is 1.28 bits per heavy atom. The smallest absolute Gasteiger partial charge is 0.385 e. The topological polar surface area (TPSA) is 66.5 Å². The summed E-state index contributed by atoms with van der Waals surface area (Å²) in [4.78, 5) is 9.36. The van der Waals surface area contributed by atoms with Gasteiger partial charge in [-0.2, -0.15) is 13.2 Å². The van der Waals surface area contributed by atoms with Crippen molar-refractivity contribution < 1.29 is 22.0 Å². The van der Waals surface area contributed by atoms with Gasteiger partial charge in [0.1, 0.15) is 22.9 Å². The molecule has 1 aliphatic carbocycles. The molecule has 3 rings (SSSR count). The number of pyridine rings is 1. The summed E-state index contributed by atoms with van der Waals surface area (Å²) >= 11 is 5.90. The molecule has 11 heteroatoms. The standard InChI is InChI=1S/C18H21ClF5N5/c1-10(18(22,23)24)29-14(25)9-15(26-11-5-7-17(20,21)8-6-11)28-16(29)12-3-2-4-13(19)27-12/h2-4,9-11,16H,5-8,25H2,1H3,(H,26,28)/t10?,16-/m0/s1. The molecule has 0 bridgehead atoms. The number of rotatable bonds is 3. The molecule has 1 fully saturated rings. The monoisotopic (exact) mass is 437 g/mol. The highest BCUT2D eigenvalue weighted by Gasteiger charge is 2.45. The molecule has 0 saturated heterocycles. The van der Waals surface area contributed by atoms with Crippen LogP contribution in [0.5, 0.6) is 0 Å². The predicted octanol–water partition coefficient (Wildman–Crippen LogP) is 4.37.